The molecule has 3 amide bonds. The van der Waals surface area contributed by atoms with E-state index in [1.807, 2.05) is 0 Å². The first-order valence-electron chi connectivity index (χ1n) is 10.2. The zero-order valence-corrected chi connectivity index (χ0v) is 20.0. The second-order valence-electron chi connectivity index (χ2n) is 6.47. The largest absolute Gasteiger partial charge is 0.379 e. The molecule has 0 fully saturated rings. The summed E-state index contributed by atoms with van der Waals surface area (Å²) in [7, 11) is 0. The summed E-state index contributed by atoms with van der Waals surface area (Å²) in [4.78, 5) is 41.9. The summed E-state index contributed by atoms with van der Waals surface area (Å²) in [5.74, 6) is -1.07. The highest BCUT2D eigenvalue weighted by molar-refractivity contribution is 9.09. The molecule has 184 valence electrons. The van der Waals surface area contributed by atoms with Crippen molar-refractivity contribution in [3.63, 3.8) is 0 Å². The number of hydrogen-bond acceptors (Lipinski definition) is 7. The lowest BCUT2D eigenvalue weighted by Gasteiger charge is -2.12. The van der Waals surface area contributed by atoms with E-state index < -0.39 is 11.8 Å². The molecule has 1 aromatic carbocycles. The fourth-order valence-corrected chi connectivity index (χ4v) is 2.68. The predicted molar refractivity (Wildman–Crippen MR) is 126 cm³/mol. The van der Waals surface area contributed by atoms with Crippen LogP contribution in [0, 0.1) is 0 Å². The molecule has 15 heteroatoms. The molecular weight excluding hydrogens is 514 g/mol. The van der Waals surface area contributed by atoms with E-state index in [1.165, 1.54) is 6.07 Å². The molecule has 1 aromatic rings. The minimum atomic E-state index is -0.414. The Morgan fingerprint density at radius 2 is 1.32 bits per heavy atom. The van der Waals surface area contributed by atoms with Gasteiger partial charge in [0.05, 0.1) is 31.8 Å². The van der Waals surface area contributed by atoms with Crippen molar-refractivity contribution in [2.75, 3.05) is 57.9 Å². The highest BCUT2D eigenvalue weighted by atomic mass is 79.9. The van der Waals surface area contributed by atoms with Gasteiger partial charge in [0, 0.05) is 53.7 Å². The van der Waals surface area contributed by atoms with Gasteiger partial charge in [0.15, 0.2) is 0 Å². The fraction of sp³-hybridized carbons (Fsp3) is 0.526. The molecule has 0 spiro atoms. The van der Waals surface area contributed by atoms with Crippen LogP contribution < -0.4 is 16.0 Å². The standard InChI is InChI=1S/C19H26BrN9O5/c20-12-17(30)25-13-14-9-15(18(31)23-1-5-33-7-3-26-28-21)11-16(10-14)19(32)24-2-6-34-8-4-27-29-22/h9-11H,1-8,12-13H2,(H,23,31)(H,24,32)(H,25,30). The quantitative estimate of drug-likeness (QED) is 0.0887. The van der Waals surface area contributed by atoms with Crippen molar-refractivity contribution >= 4 is 33.7 Å². The van der Waals surface area contributed by atoms with Gasteiger partial charge in [-0.3, -0.25) is 14.4 Å². The summed E-state index contributed by atoms with van der Waals surface area (Å²) < 4.78 is 10.5. The maximum atomic E-state index is 12.6. The number of carbonyl (C=O) groups excluding carboxylic acids is 3. The Morgan fingerprint density at radius 3 is 1.76 bits per heavy atom. The summed E-state index contributed by atoms with van der Waals surface area (Å²) in [5, 5.41) is 14.9. The van der Waals surface area contributed by atoms with Crippen molar-refractivity contribution in [1.29, 1.82) is 0 Å². The van der Waals surface area contributed by atoms with Crippen LogP contribution in [0.5, 0.6) is 0 Å². The topological polar surface area (TPSA) is 203 Å². The summed E-state index contributed by atoms with van der Waals surface area (Å²) in [6.45, 7) is 1.89. The van der Waals surface area contributed by atoms with Gasteiger partial charge < -0.3 is 25.4 Å². The van der Waals surface area contributed by atoms with Crippen LogP contribution in [0.15, 0.2) is 28.4 Å². The second-order valence-corrected chi connectivity index (χ2v) is 7.04. The number of alkyl halides is 1. The molecule has 0 aliphatic heterocycles. The molecule has 34 heavy (non-hydrogen) atoms. The number of halogens is 1. The Morgan fingerprint density at radius 1 is 0.824 bits per heavy atom. The van der Waals surface area contributed by atoms with E-state index in [0.29, 0.717) is 5.56 Å². The van der Waals surface area contributed by atoms with Crippen LogP contribution in [0.2, 0.25) is 0 Å². The molecule has 0 aliphatic carbocycles. The smallest absolute Gasteiger partial charge is 0.251 e. The number of ether oxygens (including phenoxy) is 2. The fourth-order valence-electron chi connectivity index (χ4n) is 2.49. The van der Waals surface area contributed by atoms with Crippen molar-refractivity contribution < 1.29 is 23.9 Å². The van der Waals surface area contributed by atoms with E-state index in [1.54, 1.807) is 12.1 Å². The lowest BCUT2D eigenvalue weighted by atomic mass is 10.0. The molecule has 0 unspecified atom stereocenters. The van der Waals surface area contributed by atoms with E-state index in [9.17, 15) is 14.4 Å². The highest BCUT2D eigenvalue weighted by Gasteiger charge is 2.13. The third kappa shape index (κ3) is 12.6. The van der Waals surface area contributed by atoms with Crippen LogP contribution in [0.25, 0.3) is 20.9 Å². The highest BCUT2D eigenvalue weighted by Crippen LogP contribution is 2.11. The SMILES string of the molecule is [N-]=[N+]=NCCOCCNC(=O)c1cc(CNC(=O)CBr)cc(C(=O)NCCOCCN=[N+]=[N-])c1. The molecule has 0 saturated carbocycles. The minimum Gasteiger partial charge on any atom is -0.379 e. The summed E-state index contributed by atoms with van der Waals surface area (Å²) >= 11 is 3.06. The maximum Gasteiger partial charge on any atom is 0.251 e. The number of carbonyl (C=O) groups is 3. The van der Waals surface area contributed by atoms with E-state index in [-0.39, 0.29) is 81.5 Å². The molecule has 0 saturated heterocycles. The third-order valence-electron chi connectivity index (χ3n) is 3.99. The number of nitrogens with zero attached hydrogens (tertiary/aromatic N) is 6. The van der Waals surface area contributed by atoms with Crippen LogP contribution in [0.3, 0.4) is 0 Å². The Balaban J connectivity index is 2.72. The molecule has 0 bridgehead atoms. The summed E-state index contributed by atoms with van der Waals surface area (Å²) in [6.07, 6.45) is 0. The van der Waals surface area contributed by atoms with Crippen molar-refractivity contribution in [2.24, 2.45) is 10.2 Å². The van der Waals surface area contributed by atoms with E-state index in [2.05, 4.69) is 51.9 Å². The molecule has 0 heterocycles. The van der Waals surface area contributed by atoms with Crippen LogP contribution in [0.4, 0.5) is 0 Å². The van der Waals surface area contributed by atoms with Gasteiger partial charge in [0.25, 0.3) is 11.8 Å². The summed E-state index contributed by atoms with van der Waals surface area (Å²) in [6, 6.07) is 4.62. The molecular formula is C19H26BrN9O5. The Kier molecular flexibility index (Phi) is 15.3. The van der Waals surface area contributed by atoms with Crippen molar-refractivity contribution in [3.05, 3.63) is 55.8 Å². The zero-order valence-electron chi connectivity index (χ0n) is 18.4. The predicted octanol–water partition coefficient (Wildman–Crippen LogP) is 1.81. The van der Waals surface area contributed by atoms with Crippen LogP contribution in [-0.4, -0.2) is 75.7 Å². The molecule has 0 aliphatic rings. The second kappa shape index (κ2) is 18.1. The van der Waals surface area contributed by atoms with Crippen molar-refractivity contribution in [3.8, 4) is 0 Å². The molecule has 1 rings (SSSR count). The number of amides is 3. The number of hydrogen-bond donors (Lipinski definition) is 3. The third-order valence-corrected chi connectivity index (χ3v) is 4.50. The lowest BCUT2D eigenvalue weighted by molar-refractivity contribution is -0.118. The van der Waals surface area contributed by atoms with E-state index in [0.717, 1.165) is 0 Å². The maximum absolute atomic E-state index is 12.6. The van der Waals surface area contributed by atoms with Gasteiger partial charge in [0.1, 0.15) is 0 Å². The normalized spacial score (nSPS) is 9.91. The summed E-state index contributed by atoms with van der Waals surface area (Å²) in [5.41, 5.74) is 17.5. The lowest BCUT2D eigenvalue weighted by Crippen LogP contribution is -2.30. The van der Waals surface area contributed by atoms with E-state index in [4.69, 9.17) is 20.5 Å². The Bertz CT molecular complexity index is 857. The first kappa shape index (κ1) is 28.7. The van der Waals surface area contributed by atoms with Gasteiger partial charge >= 0.3 is 0 Å². The molecule has 3 N–H and O–H groups in total. The first-order valence-corrected chi connectivity index (χ1v) is 11.3. The average Bonchev–Trinajstić information content (AvgIpc) is 2.85. The van der Waals surface area contributed by atoms with Crippen molar-refractivity contribution in [1.82, 2.24) is 16.0 Å². The number of rotatable bonds is 17. The average molecular weight is 540 g/mol. The first-order chi connectivity index (χ1) is 16.5. The van der Waals surface area contributed by atoms with E-state index >= 15 is 0 Å². The number of benzene rings is 1. The molecule has 0 radical (unpaired) electrons. The Hall–Kier alpha value is -3.35. The van der Waals surface area contributed by atoms with Gasteiger partial charge in [-0.05, 0) is 34.8 Å². The number of nitrogens with one attached hydrogen (secondary N) is 3. The van der Waals surface area contributed by atoms with Gasteiger partial charge in [-0.1, -0.05) is 26.2 Å². The van der Waals surface area contributed by atoms with Crippen LogP contribution in [-0.2, 0) is 20.8 Å². The Labute approximate surface area is 204 Å². The zero-order chi connectivity index (χ0) is 25.0. The number of azide groups is 2. The van der Waals surface area contributed by atoms with Crippen LogP contribution >= 0.6 is 15.9 Å². The molecule has 0 aromatic heterocycles. The minimum absolute atomic E-state index is 0.125. The molecule has 14 nitrogen and oxygen atoms in total. The monoisotopic (exact) mass is 539 g/mol. The molecule has 0 atom stereocenters. The van der Waals surface area contributed by atoms with Crippen molar-refractivity contribution in [2.45, 2.75) is 6.54 Å². The van der Waals surface area contributed by atoms with Crippen LogP contribution in [0.1, 0.15) is 26.3 Å². The van der Waals surface area contributed by atoms with Gasteiger partial charge in [-0.2, -0.15) is 0 Å². The van der Waals surface area contributed by atoms with Gasteiger partial charge in [-0.25, -0.2) is 0 Å². The van der Waals surface area contributed by atoms with Gasteiger partial charge in [-0.15, -0.1) is 0 Å². The van der Waals surface area contributed by atoms with Gasteiger partial charge in [0.2, 0.25) is 5.91 Å².